The molecule has 0 unspecified atom stereocenters. The Morgan fingerprint density at radius 3 is 2.47 bits per heavy atom. The second-order valence-corrected chi connectivity index (χ2v) is 9.09. The fourth-order valence-corrected chi connectivity index (χ4v) is 4.82. The highest BCUT2D eigenvalue weighted by atomic mass is 32.1. The summed E-state index contributed by atoms with van der Waals surface area (Å²) in [6.07, 6.45) is 5.69. The minimum atomic E-state index is -0.214. The first-order valence-corrected chi connectivity index (χ1v) is 11.7. The van der Waals surface area contributed by atoms with Crippen molar-refractivity contribution in [1.29, 1.82) is 0 Å². The number of carbonyl (C=O) groups is 1. The molecule has 0 atom stereocenters. The molecule has 2 aromatic carbocycles. The number of piperidine rings is 1. The predicted molar refractivity (Wildman–Crippen MR) is 131 cm³/mol. The van der Waals surface area contributed by atoms with Crippen LogP contribution in [0.4, 0.5) is 10.9 Å². The third-order valence-electron chi connectivity index (χ3n) is 5.76. The lowest BCUT2D eigenvalue weighted by Crippen LogP contribution is -2.32. The van der Waals surface area contributed by atoms with Gasteiger partial charge in [0.1, 0.15) is 5.69 Å². The zero-order valence-electron chi connectivity index (χ0n) is 17.9. The molecule has 1 fully saturated rings. The van der Waals surface area contributed by atoms with Gasteiger partial charge in [-0.1, -0.05) is 78.9 Å². The van der Waals surface area contributed by atoms with E-state index in [0.717, 1.165) is 45.9 Å². The average Bonchev–Trinajstić information content (AvgIpc) is 3.39. The smallest absolute Gasteiger partial charge is 0.249 e. The Hall–Kier alpha value is -3.45. The molecule has 0 bridgehead atoms. The number of rotatable bonds is 5. The average molecular weight is 444 g/mol. The quantitative estimate of drug-likeness (QED) is 0.423. The van der Waals surface area contributed by atoms with E-state index in [4.69, 9.17) is 10.1 Å². The van der Waals surface area contributed by atoms with Gasteiger partial charge in [0.05, 0.1) is 0 Å². The van der Waals surface area contributed by atoms with Crippen LogP contribution in [0.2, 0.25) is 0 Å². The molecule has 2 aromatic heterocycles. The van der Waals surface area contributed by atoms with Gasteiger partial charge in [-0.05, 0) is 30.4 Å². The second-order valence-electron chi connectivity index (χ2n) is 8.16. The Labute approximate surface area is 191 Å². The molecule has 1 N–H and O–H groups in total. The van der Waals surface area contributed by atoms with E-state index in [0.29, 0.717) is 5.82 Å². The van der Waals surface area contributed by atoms with Gasteiger partial charge in [-0.15, -0.1) is 5.10 Å². The van der Waals surface area contributed by atoms with E-state index in [9.17, 15) is 4.79 Å². The van der Waals surface area contributed by atoms with E-state index < -0.39 is 0 Å². The van der Waals surface area contributed by atoms with Gasteiger partial charge in [-0.3, -0.25) is 4.79 Å². The normalized spacial score (nSPS) is 15.0. The molecule has 162 valence electrons. The number of imidazole rings is 1. The van der Waals surface area contributed by atoms with Crippen molar-refractivity contribution in [3.8, 4) is 11.3 Å². The van der Waals surface area contributed by atoms with Crippen molar-refractivity contribution in [3.63, 3.8) is 0 Å². The summed E-state index contributed by atoms with van der Waals surface area (Å²) in [7, 11) is 0. The Morgan fingerprint density at radius 2 is 1.75 bits per heavy atom. The highest BCUT2D eigenvalue weighted by Gasteiger charge is 2.23. The minimum absolute atomic E-state index is 0.214. The van der Waals surface area contributed by atoms with Crippen molar-refractivity contribution >= 4 is 39.2 Å². The Balaban J connectivity index is 1.47. The summed E-state index contributed by atoms with van der Waals surface area (Å²) in [6.45, 7) is 4.31. The summed E-state index contributed by atoms with van der Waals surface area (Å²) in [4.78, 5) is 20.7. The van der Waals surface area contributed by atoms with Crippen molar-refractivity contribution in [2.75, 3.05) is 23.3 Å². The maximum atomic E-state index is 12.8. The van der Waals surface area contributed by atoms with Crippen molar-refractivity contribution < 1.29 is 4.79 Å². The first-order chi connectivity index (χ1) is 15.7. The third-order valence-corrected chi connectivity index (χ3v) is 6.73. The van der Waals surface area contributed by atoms with Gasteiger partial charge in [-0.2, -0.15) is 4.52 Å². The molecule has 0 aliphatic carbocycles. The molecule has 1 saturated heterocycles. The lowest BCUT2D eigenvalue weighted by Gasteiger charge is -2.29. The lowest BCUT2D eigenvalue weighted by molar-refractivity contribution is -0.111. The molecule has 6 nitrogen and oxygen atoms in total. The molecule has 4 aromatic rings. The standard InChI is InChI=1S/C25H25N5OS/c1-18-14-16-29(17-15-18)25-28-30-23(26-21(31)13-12-19-8-4-2-5-9-19)22(27-24(30)32-25)20-10-6-3-7-11-20/h2-13,18H,14-17H2,1H3,(H,26,31)/b13-12+. The van der Waals surface area contributed by atoms with Crippen LogP contribution in [-0.4, -0.2) is 33.6 Å². The zero-order chi connectivity index (χ0) is 21.9. The van der Waals surface area contributed by atoms with Crippen LogP contribution in [0.15, 0.2) is 66.7 Å². The minimum Gasteiger partial charge on any atom is -0.347 e. The summed E-state index contributed by atoms with van der Waals surface area (Å²) >= 11 is 1.57. The number of hydrogen-bond donors (Lipinski definition) is 1. The van der Waals surface area contributed by atoms with Crippen LogP contribution in [0.5, 0.6) is 0 Å². The van der Waals surface area contributed by atoms with Crippen LogP contribution in [0, 0.1) is 5.92 Å². The number of amides is 1. The first kappa shape index (κ1) is 20.5. The van der Waals surface area contributed by atoms with Crippen molar-refractivity contribution in [2.24, 2.45) is 5.92 Å². The molecule has 32 heavy (non-hydrogen) atoms. The second kappa shape index (κ2) is 8.96. The van der Waals surface area contributed by atoms with E-state index >= 15 is 0 Å². The molecule has 0 spiro atoms. The fourth-order valence-electron chi connectivity index (χ4n) is 3.87. The van der Waals surface area contributed by atoms with Crippen LogP contribution >= 0.6 is 11.3 Å². The Bertz CT molecular complexity index is 1240. The molecular weight excluding hydrogens is 418 g/mol. The summed E-state index contributed by atoms with van der Waals surface area (Å²) in [6, 6.07) is 19.7. The third kappa shape index (κ3) is 4.29. The summed E-state index contributed by atoms with van der Waals surface area (Å²) < 4.78 is 1.77. The number of hydrogen-bond acceptors (Lipinski definition) is 5. The van der Waals surface area contributed by atoms with Crippen molar-refractivity contribution in [3.05, 3.63) is 72.3 Å². The van der Waals surface area contributed by atoms with Crippen molar-refractivity contribution in [1.82, 2.24) is 14.6 Å². The number of aromatic nitrogens is 3. The van der Waals surface area contributed by atoms with Gasteiger partial charge < -0.3 is 10.2 Å². The summed E-state index contributed by atoms with van der Waals surface area (Å²) in [5, 5.41) is 8.82. The first-order valence-electron chi connectivity index (χ1n) is 10.9. The number of benzene rings is 2. The molecule has 0 saturated carbocycles. The van der Waals surface area contributed by atoms with E-state index in [1.165, 1.54) is 12.8 Å². The van der Waals surface area contributed by atoms with Crippen LogP contribution < -0.4 is 10.2 Å². The van der Waals surface area contributed by atoms with Gasteiger partial charge in [0.25, 0.3) is 0 Å². The number of fused-ring (bicyclic) bond motifs is 1. The highest BCUT2D eigenvalue weighted by molar-refractivity contribution is 7.20. The van der Waals surface area contributed by atoms with Crippen molar-refractivity contribution in [2.45, 2.75) is 19.8 Å². The van der Waals surface area contributed by atoms with Crippen LogP contribution in [-0.2, 0) is 4.79 Å². The SMILES string of the molecule is CC1CCN(c2nn3c(NC(=O)/C=C/c4ccccc4)c(-c4ccccc4)nc3s2)CC1. The Morgan fingerprint density at radius 1 is 1.06 bits per heavy atom. The van der Waals surface area contributed by atoms with E-state index in [1.54, 1.807) is 28.0 Å². The van der Waals surface area contributed by atoms with Gasteiger partial charge in [-0.25, -0.2) is 4.98 Å². The van der Waals surface area contributed by atoms with Gasteiger partial charge >= 0.3 is 0 Å². The molecule has 1 aliphatic rings. The van der Waals surface area contributed by atoms with Gasteiger partial charge in [0, 0.05) is 24.7 Å². The molecular formula is C25H25N5OS. The number of anilines is 2. The summed E-state index contributed by atoms with van der Waals surface area (Å²) in [5.74, 6) is 1.14. The molecule has 3 heterocycles. The van der Waals surface area contributed by atoms with Crippen LogP contribution in [0.3, 0.4) is 0 Å². The van der Waals surface area contributed by atoms with E-state index in [-0.39, 0.29) is 5.91 Å². The van der Waals surface area contributed by atoms with Gasteiger partial charge in [0.2, 0.25) is 16.0 Å². The summed E-state index contributed by atoms with van der Waals surface area (Å²) in [5.41, 5.74) is 2.64. The topological polar surface area (TPSA) is 62.5 Å². The molecule has 0 radical (unpaired) electrons. The van der Waals surface area contributed by atoms with Crippen LogP contribution in [0.1, 0.15) is 25.3 Å². The number of carbonyl (C=O) groups excluding carboxylic acids is 1. The predicted octanol–water partition coefficient (Wildman–Crippen LogP) is 5.35. The molecule has 7 heteroatoms. The maximum Gasteiger partial charge on any atom is 0.249 e. The molecule has 1 amide bonds. The zero-order valence-corrected chi connectivity index (χ0v) is 18.8. The number of nitrogens with zero attached hydrogens (tertiary/aromatic N) is 4. The molecule has 1 aliphatic heterocycles. The monoisotopic (exact) mass is 443 g/mol. The Kier molecular flexibility index (Phi) is 5.73. The highest BCUT2D eigenvalue weighted by Crippen LogP contribution is 2.34. The van der Waals surface area contributed by atoms with E-state index in [1.807, 2.05) is 60.7 Å². The number of nitrogens with one attached hydrogen (secondary N) is 1. The van der Waals surface area contributed by atoms with E-state index in [2.05, 4.69) is 17.1 Å². The van der Waals surface area contributed by atoms with Gasteiger partial charge in [0.15, 0.2) is 5.82 Å². The largest absolute Gasteiger partial charge is 0.347 e. The maximum absolute atomic E-state index is 12.8. The fraction of sp³-hybridized carbons (Fsp3) is 0.240. The lowest BCUT2D eigenvalue weighted by atomic mass is 10.00. The van der Waals surface area contributed by atoms with Crippen LogP contribution in [0.25, 0.3) is 22.3 Å². The molecule has 5 rings (SSSR count).